The van der Waals surface area contributed by atoms with Crippen molar-refractivity contribution in [2.24, 2.45) is 0 Å². The lowest BCUT2D eigenvalue weighted by Crippen LogP contribution is -2.07. The number of nitrogens with zero attached hydrogens (tertiary/aromatic N) is 5. The van der Waals surface area contributed by atoms with Gasteiger partial charge in [-0.15, -0.1) is 20.4 Å². The Labute approximate surface area is 185 Å². The lowest BCUT2D eigenvalue weighted by Gasteiger charge is -2.13. The van der Waals surface area contributed by atoms with Gasteiger partial charge in [-0.25, -0.2) is 0 Å². The summed E-state index contributed by atoms with van der Waals surface area (Å²) in [5.74, 6) is 2.26. The Morgan fingerprint density at radius 3 is 2.41 bits per heavy atom. The zero-order valence-electron chi connectivity index (χ0n) is 17.1. The molecule has 0 N–H and O–H groups in total. The van der Waals surface area contributed by atoms with Crippen molar-refractivity contribution in [2.75, 3.05) is 7.11 Å². The van der Waals surface area contributed by atoms with Crippen LogP contribution in [0.1, 0.15) is 24.3 Å². The van der Waals surface area contributed by atoms with Crippen LogP contribution >= 0.6 is 11.8 Å². The number of thioether (sulfide) groups is 1. The Hall–Kier alpha value is -3.34. The second kappa shape index (κ2) is 9.03. The minimum atomic E-state index is -4.47. The molecule has 0 aliphatic heterocycles. The second-order valence-corrected chi connectivity index (χ2v) is 7.59. The molecule has 4 rings (SSSR count). The van der Waals surface area contributed by atoms with Gasteiger partial charge < -0.3 is 9.15 Å². The van der Waals surface area contributed by atoms with Crippen molar-refractivity contribution in [3.8, 4) is 22.8 Å². The number of hydrogen-bond acceptors (Lipinski definition) is 7. The molecule has 0 amide bonds. The molecule has 0 unspecified atom stereocenters. The lowest BCUT2D eigenvalue weighted by molar-refractivity contribution is -0.137. The average molecular weight is 461 g/mol. The van der Waals surface area contributed by atoms with Crippen LogP contribution in [0.3, 0.4) is 0 Å². The van der Waals surface area contributed by atoms with Gasteiger partial charge in [0.1, 0.15) is 5.75 Å². The van der Waals surface area contributed by atoms with E-state index < -0.39 is 11.7 Å². The molecule has 0 saturated heterocycles. The van der Waals surface area contributed by atoms with Crippen LogP contribution in [-0.4, -0.2) is 32.1 Å². The van der Waals surface area contributed by atoms with Crippen molar-refractivity contribution in [3.63, 3.8) is 0 Å². The fourth-order valence-electron chi connectivity index (χ4n) is 2.96. The van der Waals surface area contributed by atoms with Gasteiger partial charge in [0, 0.05) is 12.0 Å². The van der Waals surface area contributed by atoms with Gasteiger partial charge in [-0.05, 0) is 42.5 Å². The third-order valence-corrected chi connectivity index (χ3v) is 5.46. The Kier molecular flexibility index (Phi) is 6.17. The van der Waals surface area contributed by atoms with E-state index in [2.05, 4.69) is 20.4 Å². The van der Waals surface area contributed by atoms with Crippen molar-refractivity contribution >= 4 is 11.8 Å². The third-order valence-electron chi connectivity index (χ3n) is 4.55. The van der Waals surface area contributed by atoms with E-state index >= 15 is 0 Å². The van der Waals surface area contributed by atoms with Crippen LogP contribution in [0.25, 0.3) is 17.1 Å². The van der Waals surface area contributed by atoms with E-state index in [9.17, 15) is 13.2 Å². The number of aromatic nitrogens is 5. The van der Waals surface area contributed by atoms with E-state index in [1.54, 1.807) is 42.0 Å². The number of methoxy groups -OCH3 is 1. The van der Waals surface area contributed by atoms with Crippen LogP contribution in [0.4, 0.5) is 13.2 Å². The van der Waals surface area contributed by atoms with Crippen LogP contribution in [0.15, 0.2) is 58.1 Å². The molecule has 32 heavy (non-hydrogen) atoms. The Morgan fingerprint density at radius 1 is 1.00 bits per heavy atom. The zero-order chi connectivity index (χ0) is 22.7. The Morgan fingerprint density at radius 2 is 1.75 bits per heavy atom. The number of aryl methyl sites for hydroxylation is 1. The van der Waals surface area contributed by atoms with Crippen molar-refractivity contribution < 1.29 is 22.3 Å². The number of hydrogen-bond donors (Lipinski definition) is 0. The SMILES string of the molecule is CCc1nnc(CSc2nnc(-c3ccc(OC)cc3)n2-c2cccc(C(F)(F)F)c2)o1. The molecule has 0 atom stereocenters. The van der Waals surface area contributed by atoms with Gasteiger partial charge in [0.2, 0.25) is 11.8 Å². The summed E-state index contributed by atoms with van der Waals surface area (Å²) in [4.78, 5) is 0. The largest absolute Gasteiger partial charge is 0.497 e. The smallest absolute Gasteiger partial charge is 0.416 e. The fourth-order valence-corrected chi connectivity index (χ4v) is 3.75. The highest BCUT2D eigenvalue weighted by molar-refractivity contribution is 7.98. The van der Waals surface area contributed by atoms with Crippen LogP contribution in [-0.2, 0) is 18.3 Å². The maximum absolute atomic E-state index is 13.3. The molecule has 0 spiro atoms. The molecule has 0 fully saturated rings. The Bertz CT molecular complexity index is 1200. The molecule has 2 aromatic heterocycles. The summed E-state index contributed by atoms with van der Waals surface area (Å²) in [6, 6.07) is 12.1. The fraction of sp³-hybridized carbons (Fsp3) is 0.238. The molecular formula is C21H18F3N5O2S. The molecule has 2 heterocycles. The summed E-state index contributed by atoms with van der Waals surface area (Å²) >= 11 is 1.24. The summed E-state index contributed by atoms with van der Waals surface area (Å²) in [6.45, 7) is 1.90. The van der Waals surface area contributed by atoms with Gasteiger partial charge in [-0.3, -0.25) is 4.57 Å². The molecule has 11 heteroatoms. The third kappa shape index (κ3) is 4.62. The summed E-state index contributed by atoms with van der Waals surface area (Å²) in [6.07, 6.45) is -3.86. The first-order valence-electron chi connectivity index (χ1n) is 9.60. The van der Waals surface area contributed by atoms with E-state index in [1.165, 1.54) is 17.8 Å². The van der Waals surface area contributed by atoms with E-state index in [-0.39, 0.29) is 5.69 Å². The van der Waals surface area contributed by atoms with Gasteiger partial charge in [0.25, 0.3) is 0 Å². The predicted molar refractivity (Wildman–Crippen MR) is 112 cm³/mol. The normalized spacial score (nSPS) is 11.7. The number of alkyl halides is 3. The summed E-state index contributed by atoms with van der Waals surface area (Å²) in [5.41, 5.74) is 0.205. The molecule has 0 aliphatic rings. The minimum absolute atomic E-state index is 0.290. The predicted octanol–water partition coefficient (Wildman–Crippen LogP) is 5.20. The maximum atomic E-state index is 13.3. The van der Waals surface area contributed by atoms with Gasteiger partial charge in [0.05, 0.1) is 24.1 Å². The summed E-state index contributed by atoms with van der Waals surface area (Å²) < 4.78 is 52.3. The van der Waals surface area contributed by atoms with Gasteiger partial charge in [-0.2, -0.15) is 13.2 Å². The molecule has 4 aromatic rings. The first-order chi connectivity index (χ1) is 15.4. The van der Waals surface area contributed by atoms with Gasteiger partial charge in [-0.1, -0.05) is 24.8 Å². The van der Waals surface area contributed by atoms with Crippen molar-refractivity contribution in [1.82, 2.24) is 25.0 Å². The molecule has 0 bridgehead atoms. The number of ether oxygens (including phenoxy) is 1. The molecule has 0 saturated carbocycles. The highest BCUT2D eigenvalue weighted by atomic mass is 32.2. The molecule has 2 aromatic carbocycles. The van der Waals surface area contributed by atoms with Gasteiger partial charge >= 0.3 is 6.18 Å². The van der Waals surface area contributed by atoms with Crippen molar-refractivity contribution in [3.05, 3.63) is 65.9 Å². The first-order valence-corrected chi connectivity index (χ1v) is 10.6. The molecule has 166 valence electrons. The maximum Gasteiger partial charge on any atom is 0.416 e. The highest BCUT2D eigenvalue weighted by Gasteiger charge is 2.31. The van der Waals surface area contributed by atoms with Crippen molar-refractivity contribution in [1.29, 1.82) is 0 Å². The number of halogens is 3. The topological polar surface area (TPSA) is 78.9 Å². The highest BCUT2D eigenvalue weighted by Crippen LogP contribution is 2.34. The summed E-state index contributed by atoms with van der Waals surface area (Å²) in [7, 11) is 1.55. The number of benzene rings is 2. The summed E-state index contributed by atoms with van der Waals surface area (Å²) in [5, 5.41) is 16.8. The standard InChI is InChI=1S/C21H18F3N5O2S/c1-3-17-25-26-18(31-17)12-32-20-28-27-19(13-7-9-16(30-2)10-8-13)29(20)15-6-4-5-14(11-15)21(22,23)24/h4-11H,3,12H2,1-2H3. The number of rotatable bonds is 7. The van der Waals surface area contributed by atoms with Gasteiger partial charge in [0.15, 0.2) is 11.0 Å². The van der Waals surface area contributed by atoms with E-state index in [0.717, 1.165) is 12.1 Å². The van der Waals surface area contributed by atoms with Crippen LogP contribution < -0.4 is 4.74 Å². The van der Waals surface area contributed by atoms with Crippen molar-refractivity contribution in [2.45, 2.75) is 30.4 Å². The van der Waals surface area contributed by atoms with Crippen LogP contribution in [0, 0.1) is 0 Å². The molecule has 7 nitrogen and oxygen atoms in total. The van der Waals surface area contributed by atoms with E-state index in [1.807, 2.05) is 6.92 Å². The lowest BCUT2D eigenvalue weighted by atomic mass is 10.1. The minimum Gasteiger partial charge on any atom is -0.497 e. The zero-order valence-corrected chi connectivity index (χ0v) is 17.9. The van der Waals surface area contributed by atoms with E-state index in [0.29, 0.717) is 46.2 Å². The van der Waals surface area contributed by atoms with E-state index in [4.69, 9.17) is 9.15 Å². The monoisotopic (exact) mass is 461 g/mol. The second-order valence-electron chi connectivity index (χ2n) is 6.65. The quantitative estimate of drug-likeness (QED) is 0.350. The molecule has 0 radical (unpaired) electrons. The molecular weight excluding hydrogens is 443 g/mol. The first kappa shape index (κ1) is 21.9. The van der Waals surface area contributed by atoms with Crippen LogP contribution in [0.5, 0.6) is 5.75 Å². The Balaban J connectivity index is 1.75. The average Bonchev–Trinajstić information content (AvgIpc) is 3.44. The molecule has 0 aliphatic carbocycles. The van der Waals surface area contributed by atoms with Crippen LogP contribution in [0.2, 0.25) is 0 Å².